The van der Waals surface area contributed by atoms with Gasteiger partial charge >= 0.3 is 0 Å². The molecule has 0 radical (unpaired) electrons. The summed E-state index contributed by atoms with van der Waals surface area (Å²) < 4.78 is 21.4. The maximum absolute atomic E-state index is 11.5. The van der Waals surface area contributed by atoms with Crippen molar-refractivity contribution in [3.63, 3.8) is 0 Å². The van der Waals surface area contributed by atoms with Gasteiger partial charge in [-0.1, -0.05) is 6.92 Å². The van der Waals surface area contributed by atoms with Crippen LogP contribution in [0.1, 0.15) is 27.7 Å². The third kappa shape index (κ3) is 4.03. The molecule has 5 heteroatoms. The number of hydrogen-bond acceptors (Lipinski definition) is 5. The quantitative estimate of drug-likeness (QED) is 0.662. The van der Waals surface area contributed by atoms with E-state index >= 15 is 0 Å². The highest BCUT2D eigenvalue weighted by Gasteiger charge is 2.40. The minimum atomic E-state index is -0.582. The maximum Gasteiger partial charge on any atom is 0.163 e. The summed E-state index contributed by atoms with van der Waals surface area (Å²) in [5, 5.41) is 0. The number of hydrogen-bond donors (Lipinski definition) is 0. The number of carbonyl (C=O) groups excluding carboxylic acids is 1. The van der Waals surface area contributed by atoms with Gasteiger partial charge < -0.3 is 18.9 Å². The topological polar surface area (TPSA) is 54.0 Å². The van der Waals surface area contributed by atoms with Crippen molar-refractivity contribution in [1.82, 2.24) is 0 Å². The molecular weight excluding hydrogens is 224 g/mol. The second-order valence-electron chi connectivity index (χ2n) is 4.83. The monoisotopic (exact) mass is 246 g/mol. The minimum absolute atomic E-state index is 0.0251. The highest BCUT2D eigenvalue weighted by Crippen LogP contribution is 2.29. The van der Waals surface area contributed by atoms with Gasteiger partial charge in [-0.3, -0.25) is 4.79 Å². The molecule has 1 aliphatic heterocycles. The Morgan fingerprint density at radius 3 is 2.59 bits per heavy atom. The largest absolute Gasteiger partial charge is 0.359 e. The van der Waals surface area contributed by atoms with Crippen LogP contribution in [0.3, 0.4) is 0 Å². The predicted octanol–water partition coefficient (Wildman–Crippen LogP) is 1.35. The Balaban J connectivity index is 2.59. The Kier molecular flexibility index (Phi) is 5.06. The molecule has 0 aromatic carbocycles. The normalized spacial score (nSPS) is 26.8. The molecule has 0 spiro atoms. The molecule has 0 bridgehead atoms. The molecule has 3 atom stereocenters. The van der Waals surface area contributed by atoms with Crippen LogP contribution in [0, 0.1) is 5.92 Å². The van der Waals surface area contributed by atoms with Crippen molar-refractivity contribution in [3.8, 4) is 0 Å². The third-order valence-corrected chi connectivity index (χ3v) is 2.86. The molecule has 0 saturated carbocycles. The molecule has 1 aliphatic rings. The SMILES string of the molecule is COCOC(C(C)=O)C(C)C1COC(C)(C)O1. The van der Waals surface area contributed by atoms with Crippen LogP contribution >= 0.6 is 0 Å². The lowest BCUT2D eigenvalue weighted by molar-refractivity contribution is -0.165. The average Bonchev–Trinajstić information content (AvgIpc) is 2.58. The summed E-state index contributed by atoms with van der Waals surface area (Å²) in [5.74, 6) is -0.672. The Morgan fingerprint density at radius 1 is 1.53 bits per heavy atom. The zero-order valence-corrected chi connectivity index (χ0v) is 11.2. The Morgan fingerprint density at radius 2 is 2.18 bits per heavy atom. The first-order valence-electron chi connectivity index (χ1n) is 5.80. The van der Waals surface area contributed by atoms with Crippen LogP contribution in [0.15, 0.2) is 0 Å². The van der Waals surface area contributed by atoms with Crippen molar-refractivity contribution in [2.45, 2.75) is 45.7 Å². The summed E-state index contributed by atoms with van der Waals surface area (Å²) in [7, 11) is 1.53. The molecule has 1 heterocycles. The first kappa shape index (κ1) is 14.6. The van der Waals surface area contributed by atoms with E-state index in [-0.39, 0.29) is 24.6 Å². The Hall–Kier alpha value is -0.490. The lowest BCUT2D eigenvalue weighted by Crippen LogP contribution is -2.39. The van der Waals surface area contributed by atoms with E-state index in [2.05, 4.69) is 0 Å². The van der Waals surface area contributed by atoms with Crippen LogP contribution in [-0.4, -0.2) is 44.3 Å². The highest BCUT2D eigenvalue weighted by molar-refractivity contribution is 5.80. The molecule has 0 aromatic heterocycles. The van der Waals surface area contributed by atoms with Gasteiger partial charge in [-0.15, -0.1) is 0 Å². The number of methoxy groups -OCH3 is 1. The van der Waals surface area contributed by atoms with E-state index in [1.165, 1.54) is 14.0 Å². The van der Waals surface area contributed by atoms with E-state index < -0.39 is 11.9 Å². The van der Waals surface area contributed by atoms with Gasteiger partial charge in [0.05, 0.1) is 12.7 Å². The van der Waals surface area contributed by atoms with Crippen molar-refractivity contribution in [3.05, 3.63) is 0 Å². The molecule has 0 aromatic rings. The second kappa shape index (κ2) is 5.91. The number of ether oxygens (including phenoxy) is 4. The first-order chi connectivity index (χ1) is 7.87. The molecule has 0 N–H and O–H groups in total. The van der Waals surface area contributed by atoms with Crippen LogP contribution in [0.25, 0.3) is 0 Å². The van der Waals surface area contributed by atoms with Gasteiger partial charge in [0.15, 0.2) is 11.6 Å². The first-order valence-corrected chi connectivity index (χ1v) is 5.80. The summed E-state index contributed by atoms with van der Waals surface area (Å²) in [4.78, 5) is 11.5. The van der Waals surface area contributed by atoms with E-state index in [0.717, 1.165) is 0 Å². The Labute approximate surface area is 102 Å². The van der Waals surface area contributed by atoms with Gasteiger partial charge in [0.2, 0.25) is 0 Å². The number of carbonyl (C=O) groups is 1. The molecule has 1 fully saturated rings. The van der Waals surface area contributed by atoms with Crippen molar-refractivity contribution >= 4 is 5.78 Å². The molecule has 0 aliphatic carbocycles. The van der Waals surface area contributed by atoms with Crippen LogP contribution < -0.4 is 0 Å². The van der Waals surface area contributed by atoms with Gasteiger partial charge in [0.25, 0.3) is 0 Å². The Bertz CT molecular complexity index is 264. The van der Waals surface area contributed by atoms with E-state index in [4.69, 9.17) is 18.9 Å². The molecule has 17 heavy (non-hydrogen) atoms. The van der Waals surface area contributed by atoms with E-state index in [1.54, 1.807) is 0 Å². The van der Waals surface area contributed by atoms with Crippen LogP contribution in [0.5, 0.6) is 0 Å². The highest BCUT2D eigenvalue weighted by atomic mass is 16.7. The fourth-order valence-electron chi connectivity index (χ4n) is 1.95. The van der Waals surface area contributed by atoms with Crippen LogP contribution in [0.4, 0.5) is 0 Å². The summed E-state index contributed by atoms with van der Waals surface area (Å²) in [6, 6.07) is 0. The molecule has 5 nitrogen and oxygen atoms in total. The van der Waals surface area contributed by atoms with Crippen molar-refractivity contribution < 1.29 is 23.7 Å². The lowest BCUT2D eigenvalue weighted by atomic mass is 9.96. The van der Waals surface area contributed by atoms with Crippen LogP contribution in [-0.2, 0) is 23.7 Å². The minimum Gasteiger partial charge on any atom is -0.359 e. The zero-order chi connectivity index (χ0) is 13.1. The zero-order valence-electron chi connectivity index (χ0n) is 11.2. The predicted molar refractivity (Wildman–Crippen MR) is 61.5 cm³/mol. The number of Topliss-reactive ketones (excluding diaryl/α,β-unsaturated/α-hetero) is 1. The molecule has 0 amide bonds. The second-order valence-corrected chi connectivity index (χ2v) is 4.83. The van der Waals surface area contributed by atoms with Gasteiger partial charge in [-0.25, -0.2) is 0 Å². The molecule has 100 valence electrons. The van der Waals surface area contributed by atoms with Crippen molar-refractivity contribution in [2.24, 2.45) is 5.92 Å². The van der Waals surface area contributed by atoms with Gasteiger partial charge in [0.1, 0.15) is 12.9 Å². The van der Waals surface area contributed by atoms with E-state index in [0.29, 0.717) is 6.61 Å². The van der Waals surface area contributed by atoms with Crippen molar-refractivity contribution in [2.75, 3.05) is 20.5 Å². The summed E-state index contributed by atoms with van der Waals surface area (Å²) >= 11 is 0. The fourth-order valence-corrected chi connectivity index (χ4v) is 1.95. The van der Waals surface area contributed by atoms with E-state index in [9.17, 15) is 4.79 Å². The average molecular weight is 246 g/mol. The smallest absolute Gasteiger partial charge is 0.163 e. The third-order valence-electron chi connectivity index (χ3n) is 2.86. The number of rotatable bonds is 6. The van der Waals surface area contributed by atoms with Crippen molar-refractivity contribution in [1.29, 1.82) is 0 Å². The van der Waals surface area contributed by atoms with Gasteiger partial charge in [-0.05, 0) is 20.8 Å². The summed E-state index contributed by atoms with van der Waals surface area (Å²) in [6.45, 7) is 7.74. The van der Waals surface area contributed by atoms with Gasteiger partial charge in [-0.2, -0.15) is 0 Å². The van der Waals surface area contributed by atoms with Gasteiger partial charge in [0, 0.05) is 13.0 Å². The molecular formula is C12H22O5. The molecule has 3 unspecified atom stereocenters. The van der Waals surface area contributed by atoms with E-state index in [1.807, 2.05) is 20.8 Å². The van der Waals surface area contributed by atoms with Crippen LogP contribution in [0.2, 0.25) is 0 Å². The maximum atomic E-state index is 11.5. The summed E-state index contributed by atoms with van der Waals surface area (Å²) in [6.07, 6.45) is -0.645. The summed E-state index contributed by atoms with van der Waals surface area (Å²) in [5.41, 5.74) is 0. The standard InChI is InChI=1S/C12H22O5/c1-8(10-6-16-12(3,4)17-10)11(9(2)13)15-7-14-5/h8,10-11H,6-7H2,1-5H3. The number of ketones is 1. The molecule has 1 saturated heterocycles. The fraction of sp³-hybridized carbons (Fsp3) is 0.917. The molecule has 1 rings (SSSR count). The lowest BCUT2D eigenvalue weighted by Gasteiger charge is -2.26.